The summed E-state index contributed by atoms with van der Waals surface area (Å²) in [5, 5.41) is 0. The third-order valence-electron chi connectivity index (χ3n) is 3.69. The fourth-order valence-corrected chi connectivity index (χ4v) is 2.22. The minimum absolute atomic E-state index is 0. The van der Waals surface area contributed by atoms with E-state index in [4.69, 9.17) is 24.4 Å². The predicted molar refractivity (Wildman–Crippen MR) is 96.6 cm³/mol. The van der Waals surface area contributed by atoms with Gasteiger partial charge in [0.25, 0.3) is 0 Å². The molecule has 146 valence electrons. The first-order valence-electron chi connectivity index (χ1n) is 8.19. The second-order valence-corrected chi connectivity index (χ2v) is 5.82. The van der Waals surface area contributed by atoms with E-state index < -0.39 is 18.0 Å². The summed E-state index contributed by atoms with van der Waals surface area (Å²) >= 11 is 0. The highest BCUT2D eigenvalue weighted by Gasteiger charge is 2.20. The van der Waals surface area contributed by atoms with Gasteiger partial charge in [0.1, 0.15) is 25.1 Å². The molecule has 1 atom stereocenters. The summed E-state index contributed by atoms with van der Waals surface area (Å²) < 4.78 is 22.6. The normalized spacial score (nSPS) is 12.0. The van der Waals surface area contributed by atoms with Crippen LogP contribution in [0, 0.1) is 5.92 Å². The van der Waals surface area contributed by atoms with Crippen molar-refractivity contribution in [3.05, 3.63) is 24.1 Å². The SMILES string of the molecule is C.CCOC(=O)c1cc2occc2n1COCCOC(=O)[C@@H](N)C(C)C. The Hall–Kier alpha value is -2.32. The number of carbonyl (C=O) groups is 2. The molecule has 8 nitrogen and oxygen atoms in total. The van der Waals surface area contributed by atoms with Crippen LogP contribution in [0.2, 0.25) is 0 Å². The molecule has 0 saturated carbocycles. The topological polar surface area (TPSA) is 106 Å². The monoisotopic (exact) mass is 368 g/mol. The minimum atomic E-state index is -0.648. The van der Waals surface area contributed by atoms with Gasteiger partial charge in [-0.1, -0.05) is 21.3 Å². The lowest BCUT2D eigenvalue weighted by atomic mass is 10.1. The number of nitrogens with two attached hydrogens (primary N) is 1. The second-order valence-electron chi connectivity index (χ2n) is 5.82. The van der Waals surface area contributed by atoms with E-state index in [9.17, 15) is 9.59 Å². The molecular weight excluding hydrogens is 340 g/mol. The van der Waals surface area contributed by atoms with Crippen LogP contribution >= 0.6 is 0 Å². The number of carbonyl (C=O) groups excluding carboxylic acids is 2. The predicted octanol–water partition coefficient (Wildman–Crippen LogP) is 2.55. The Morgan fingerprint density at radius 1 is 1.27 bits per heavy atom. The van der Waals surface area contributed by atoms with Gasteiger partial charge in [0.2, 0.25) is 0 Å². The molecule has 2 heterocycles. The van der Waals surface area contributed by atoms with Gasteiger partial charge in [-0.2, -0.15) is 0 Å². The summed E-state index contributed by atoms with van der Waals surface area (Å²) in [5.41, 5.74) is 7.34. The molecule has 0 radical (unpaired) electrons. The van der Waals surface area contributed by atoms with E-state index in [1.165, 1.54) is 6.26 Å². The first kappa shape index (κ1) is 21.7. The average Bonchev–Trinajstić information content (AvgIpc) is 3.15. The first-order valence-corrected chi connectivity index (χ1v) is 8.19. The number of nitrogens with zero attached hydrogens (tertiary/aromatic N) is 1. The first-order chi connectivity index (χ1) is 12.0. The number of rotatable bonds is 9. The van der Waals surface area contributed by atoms with Gasteiger partial charge >= 0.3 is 11.9 Å². The van der Waals surface area contributed by atoms with Crippen molar-refractivity contribution in [2.75, 3.05) is 19.8 Å². The van der Waals surface area contributed by atoms with Crippen LogP contribution in [0.5, 0.6) is 0 Å². The molecule has 2 rings (SSSR count). The summed E-state index contributed by atoms with van der Waals surface area (Å²) in [6.07, 6.45) is 1.53. The van der Waals surface area contributed by atoms with E-state index in [1.54, 1.807) is 23.6 Å². The van der Waals surface area contributed by atoms with Crippen molar-refractivity contribution >= 4 is 23.0 Å². The lowest BCUT2D eigenvalue weighted by molar-refractivity contribution is -0.148. The van der Waals surface area contributed by atoms with Crippen LogP contribution in [0.15, 0.2) is 22.8 Å². The smallest absolute Gasteiger partial charge is 0.355 e. The Morgan fingerprint density at radius 3 is 2.65 bits per heavy atom. The molecule has 0 fully saturated rings. The molecule has 0 spiro atoms. The summed E-state index contributed by atoms with van der Waals surface area (Å²) in [7, 11) is 0. The maximum Gasteiger partial charge on any atom is 0.355 e. The van der Waals surface area contributed by atoms with Crippen LogP contribution in [-0.4, -0.2) is 42.4 Å². The van der Waals surface area contributed by atoms with E-state index in [0.29, 0.717) is 11.3 Å². The van der Waals surface area contributed by atoms with Crippen molar-refractivity contribution < 1.29 is 28.2 Å². The molecule has 0 amide bonds. The number of hydrogen-bond donors (Lipinski definition) is 1. The molecular formula is C18H28N2O6. The quantitative estimate of drug-likeness (QED) is 0.535. The van der Waals surface area contributed by atoms with Crippen molar-refractivity contribution in [1.29, 1.82) is 0 Å². The molecule has 26 heavy (non-hydrogen) atoms. The lowest BCUT2D eigenvalue weighted by Gasteiger charge is -2.15. The molecule has 0 aliphatic carbocycles. The standard InChI is InChI=1S/C17H24N2O6.CH4/c1-4-23-16(20)13-9-14-12(5-6-24-14)19(13)10-22-7-8-25-17(21)15(18)11(2)3;/h5-6,9,11,15H,4,7-8,10,18H2,1-3H3;1H4/t15-;/m0./s1. The summed E-state index contributed by atoms with van der Waals surface area (Å²) in [5.74, 6) is -0.898. The van der Waals surface area contributed by atoms with Crippen molar-refractivity contribution in [3.8, 4) is 0 Å². The number of esters is 2. The van der Waals surface area contributed by atoms with Gasteiger partial charge in [-0.05, 0) is 12.8 Å². The van der Waals surface area contributed by atoms with E-state index in [1.807, 2.05) is 13.8 Å². The fraction of sp³-hybridized carbons (Fsp3) is 0.556. The van der Waals surface area contributed by atoms with Crippen LogP contribution < -0.4 is 5.73 Å². The van der Waals surface area contributed by atoms with Crippen LogP contribution in [0.4, 0.5) is 0 Å². The molecule has 0 bridgehead atoms. The molecule has 0 unspecified atom stereocenters. The Labute approximate surface area is 153 Å². The van der Waals surface area contributed by atoms with Gasteiger partial charge < -0.3 is 28.9 Å². The minimum Gasteiger partial charge on any atom is -0.463 e. The van der Waals surface area contributed by atoms with Gasteiger partial charge in [-0.3, -0.25) is 4.79 Å². The highest BCUT2D eigenvalue weighted by Crippen LogP contribution is 2.21. The number of fused-ring (bicyclic) bond motifs is 1. The molecule has 0 saturated heterocycles. The van der Waals surface area contributed by atoms with Crippen molar-refractivity contribution in [1.82, 2.24) is 4.57 Å². The Kier molecular flexibility index (Phi) is 8.34. The van der Waals surface area contributed by atoms with Gasteiger partial charge in [-0.15, -0.1) is 0 Å². The number of furan rings is 1. The Balaban J connectivity index is 0.00000338. The zero-order chi connectivity index (χ0) is 18.4. The van der Waals surface area contributed by atoms with Crippen LogP contribution in [0.1, 0.15) is 38.7 Å². The zero-order valence-corrected chi connectivity index (χ0v) is 14.7. The third-order valence-corrected chi connectivity index (χ3v) is 3.69. The van der Waals surface area contributed by atoms with Gasteiger partial charge in [-0.25, -0.2) is 4.79 Å². The fourth-order valence-electron chi connectivity index (χ4n) is 2.22. The van der Waals surface area contributed by atoms with E-state index in [0.717, 1.165) is 5.52 Å². The molecule has 2 aromatic rings. The van der Waals surface area contributed by atoms with Crippen LogP contribution in [0.25, 0.3) is 11.1 Å². The number of aromatic nitrogens is 1. The molecule has 0 aliphatic rings. The van der Waals surface area contributed by atoms with Gasteiger partial charge in [0.05, 0.1) is 25.0 Å². The Morgan fingerprint density at radius 2 is 2.00 bits per heavy atom. The van der Waals surface area contributed by atoms with Crippen molar-refractivity contribution in [2.45, 2.75) is 41.0 Å². The highest BCUT2D eigenvalue weighted by molar-refractivity contribution is 5.93. The second kappa shape index (κ2) is 9.98. The summed E-state index contributed by atoms with van der Waals surface area (Å²) in [4.78, 5) is 23.7. The van der Waals surface area contributed by atoms with Gasteiger partial charge in [0, 0.05) is 12.1 Å². The highest BCUT2D eigenvalue weighted by atomic mass is 16.6. The molecule has 2 N–H and O–H groups in total. The molecule has 8 heteroatoms. The molecule has 0 aromatic carbocycles. The maximum atomic E-state index is 12.0. The summed E-state index contributed by atoms with van der Waals surface area (Å²) in [6, 6.07) is 2.70. The molecule has 0 aliphatic heterocycles. The molecule has 2 aromatic heterocycles. The Bertz CT molecular complexity index is 718. The average molecular weight is 368 g/mol. The van der Waals surface area contributed by atoms with Crippen LogP contribution in [0.3, 0.4) is 0 Å². The zero-order valence-electron chi connectivity index (χ0n) is 14.7. The number of hydrogen-bond acceptors (Lipinski definition) is 7. The van der Waals surface area contributed by atoms with Crippen molar-refractivity contribution in [2.24, 2.45) is 11.7 Å². The maximum absolute atomic E-state index is 12.0. The van der Waals surface area contributed by atoms with E-state index >= 15 is 0 Å². The lowest BCUT2D eigenvalue weighted by Crippen LogP contribution is -2.37. The largest absolute Gasteiger partial charge is 0.463 e. The van der Waals surface area contributed by atoms with Crippen LogP contribution in [-0.2, 0) is 25.7 Å². The van der Waals surface area contributed by atoms with Crippen molar-refractivity contribution in [3.63, 3.8) is 0 Å². The van der Waals surface area contributed by atoms with Gasteiger partial charge in [0.15, 0.2) is 5.58 Å². The number of ether oxygens (including phenoxy) is 3. The summed E-state index contributed by atoms with van der Waals surface area (Å²) in [6.45, 7) is 6.08. The van der Waals surface area contributed by atoms with E-state index in [2.05, 4.69) is 0 Å². The van der Waals surface area contributed by atoms with E-state index in [-0.39, 0.29) is 39.9 Å². The third kappa shape index (κ3) is 5.09.